The summed E-state index contributed by atoms with van der Waals surface area (Å²) < 4.78 is 14.6. The van der Waals surface area contributed by atoms with E-state index in [2.05, 4.69) is 56.7 Å². The standard InChI is InChI=1S/C16H16IN3O4.C16H16IN3O/c1-8-14(9(2)24-18-8)11-6-12(17)15(13(7-11)20(22)23)19(3)16(21)10-4-5-10;1-8-14(9(2)21-19-8)11-6-12(17)15-13(7-11)18-16(20(15)3)10-4-5-10/h6-7,10H,4-5H2,1-3H3;6-7,10H,4-5H2,1-3H3. The van der Waals surface area contributed by atoms with E-state index < -0.39 is 4.92 Å². The van der Waals surface area contributed by atoms with Crippen LogP contribution in [0.3, 0.4) is 0 Å². The largest absolute Gasteiger partial charge is 0.361 e. The van der Waals surface area contributed by atoms with Crippen LogP contribution in [0.25, 0.3) is 33.3 Å². The summed E-state index contributed by atoms with van der Waals surface area (Å²) in [6.45, 7) is 7.50. The van der Waals surface area contributed by atoms with Gasteiger partial charge < -0.3 is 18.5 Å². The number of amides is 1. The normalized spacial score (nSPS) is 14.4. The van der Waals surface area contributed by atoms with Gasteiger partial charge in [0.25, 0.3) is 5.69 Å². The molecule has 0 saturated heterocycles. The van der Waals surface area contributed by atoms with Gasteiger partial charge in [0, 0.05) is 50.3 Å². The van der Waals surface area contributed by atoms with Gasteiger partial charge in [-0.3, -0.25) is 14.9 Å². The molecule has 0 aliphatic heterocycles. The number of carbonyl (C=O) groups is 1. The maximum Gasteiger partial charge on any atom is 0.294 e. The van der Waals surface area contributed by atoms with Crippen molar-refractivity contribution in [2.45, 2.75) is 59.3 Å². The van der Waals surface area contributed by atoms with Crippen LogP contribution in [0.4, 0.5) is 11.4 Å². The average Bonchev–Trinajstić information content (AvgIpc) is 3.91. The second-order valence-electron chi connectivity index (χ2n) is 11.8. The van der Waals surface area contributed by atoms with Gasteiger partial charge in [-0.2, -0.15) is 0 Å². The van der Waals surface area contributed by atoms with Crippen LogP contribution in [0.15, 0.2) is 33.3 Å². The molecular formula is C32H32I2N6O5. The van der Waals surface area contributed by atoms with E-state index in [0.717, 1.165) is 46.5 Å². The van der Waals surface area contributed by atoms with Crippen molar-refractivity contribution in [3.05, 3.63) is 70.3 Å². The lowest BCUT2D eigenvalue weighted by atomic mass is 10.0. The summed E-state index contributed by atoms with van der Waals surface area (Å²) in [5.41, 5.74) is 7.80. The summed E-state index contributed by atoms with van der Waals surface area (Å²) >= 11 is 4.44. The Morgan fingerprint density at radius 2 is 1.49 bits per heavy atom. The molecule has 7 rings (SSSR count). The van der Waals surface area contributed by atoms with Crippen molar-refractivity contribution < 1.29 is 18.8 Å². The fourth-order valence-electron chi connectivity index (χ4n) is 5.87. The summed E-state index contributed by atoms with van der Waals surface area (Å²) in [4.78, 5) is 29.8. The van der Waals surface area contributed by atoms with E-state index in [9.17, 15) is 14.9 Å². The average molecular weight is 834 g/mol. The third-order valence-electron chi connectivity index (χ3n) is 8.38. The van der Waals surface area contributed by atoms with E-state index in [1.807, 2.05) is 42.5 Å². The molecule has 1 amide bonds. The molecule has 0 spiro atoms. The summed E-state index contributed by atoms with van der Waals surface area (Å²) in [5, 5.41) is 19.6. The van der Waals surface area contributed by atoms with E-state index >= 15 is 0 Å². The van der Waals surface area contributed by atoms with Gasteiger partial charge in [0.2, 0.25) is 5.91 Å². The molecule has 234 valence electrons. The molecule has 3 heterocycles. The Labute approximate surface area is 287 Å². The van der Waals surface area contributed by atoms with Gasteiger partial charge in [-0.25, -0.2) is 4.98 Å². The van der Waals surface area contributed by atoms with Crippen molar-refractivity contribution in [2.75, 3.05) is 11.9 Å². The summed E-state index contributed by atoms with van der Waals surface area (Å²) in [6, 6.07) is 7.68. The first-order chi connectivity index (χ1) is 21.4. The first-order valence-electron chi connectivity index (χ1n) is 14.6. The van der Waals surface area contributed by atoms with Crippen molar-refractivity contribution >= 4 is 73.5 Å². The molecule has 45 heavy (non-hydrogen) atoms. The number of anilines is 1. The fourth-order valence-corrected chi connectivity index (χ4v) is 7.82. The highest BCUT2D eigenvalue weighted by molar-refractivity contribution is 14.1. The summed E-state index contributed by atoms with van der Waals surface area (Å²) in [5.74, 6) is 3.27. The van der Waals surface area contributed by atoms with E-state index in [-0.39, 0.29) is 17.5 Å². The number of aryl methyl sites for hydroxylation is 5. The zero-order valence-electron chi connectivity index (χ0n) is 25.8. The number of hydrogen-bond donors (Lipinski definition) is 0. The SMILES string of the molecule is Cc1noc(C)c1-c1cc(I)c(N(C)C(=O)C2CC2)c([N+](=O)[O-])c1.Cc1noc(C)c1-c1cc(I)c2c(c1)nc(C1CC1)n2C. The molecule has 0 radical (unpaired) electrons. The van der Waals surface area contributed by atoms with E-state index in [1.54, 1.807) is 20.9 Å². The van der Waals surface area contributed by atoms with Gasteiger partial charge in [-0.1, -0.05) is 10.3 Å². The molecule has 2 aliphatic rings. The van der Waals surface area contributed by atoms with E-state index in [4.69, 9.17) is 14.0 Å². The summed E-state index contributed by atoms with van der Waals surface area (Å²) in [7, 11) is 3.72. The Kier molecular flexibility index (Phi) is 8.52. The fraction of sp³-hybridized carbons (Fsp3) is 0.375. The predicted octanol–water partition coefficient (Wildman–Crippen LogP) is 8.17. The molecule has 2 saturated carbocycles. The summed E-state index contributed by atoms with van der Waals surface area (Å²) in [6.07, 6.45) is 4.24. The van der Waals surface area contributed by atoms with Crippen LogP contribution in [-0.2, 0) is 11.8 Å². The number of nitro benzene ring substituents is 1. The van der Waals surface area contributed by atoms with Crippen LogP contribution in [0.5, 0.6) is 0 Å². The Morgan fingerprint density at radius 1 is 0.933 bits per heavy atom. The highest BCUT2D eigenvalue weighted by atomic mass is 127. The molecular weight excluding hydrogens is 802 g/mol. The molecule has 5 aromatic rings. The van der Waals surface area contributed by atoms with Crippen LogP contribution in [0.2, 0.25) is 0 Å². The van der Waals surface area contributed by atoms with Crippen LogP contribution < -0.4 is 4.90 Å². The molecule has 3 aromatic heterocycles. The second-order valence-corrected chi connectivity index (χ2v) is 14.1. The van der Waals surface area contributed by atoms with Gasteiger partial charge in [0.05, 0.1) is 27.3 Å². The van der Waals surface area contributed by atoms with Crippen molar-refractivity contribution in [3.63, 3.8) is 0 Å². The molecule has 2 aromatic carbocycles. The molecule has 13 heteroatoms. The lowest BCUT2D eigenvalue weighted by Gasteiger charge is -2.19. The van der Waals surface area contributed by atoms with Crippen molar-refractivity contribution in [1.29, 1.82) is 0 Å². The van der Waals surface area contributed by atoms with Gasteiger partial charge >= 0.3 is 0 Å². The van der Waals surface area contributed by atoms with Gasteiger partial charge in [-0.15, -0.1) is 0 Å². The molecule has 0 atom stereocenters. The zero-order valence-corrected chi connectivity index (χ0v) is 30.1. The molecule has 11 nitrogen and oxygen atoms in total. The number of aromatic nitrogens is 4. The number of carbonyl (C=O) groups excluding carboxylic acids is 1. The molecule has 0 unspecified atom stereocenters. The maximum absolute atomic E-state index is 12.3. The number of imidazole rings is 1. The maximum atomic E-state index is 12.3. The topological polar surface area (TPSA) is 133 Å². The Hall–Kier alpha value is -3.34. The Morgan fingerprint density at radius 3 is 1.98 bits per heavy atom. The van der Waals surface area contributed by atoms with Crippen LogP contribution in [0, 0.1) is 50.9 Å². The van der Waals surface area contributed by atoms with Crippen LogP contribution >= 0.6 is 45.2 Å². The first-order valence-corrected chi connectivity index (χ1v) is 16.8. The minimum absolute atomic E-state index is 0.00681. The van der Waals surface area contributed by atoms with E-state index in [0.29, 0.717) is 32.2 Å². The number of fused-ring (bicyclic) bond motifs is 1. The highest BCUT2D eigenvalue weighted by Gasteiger charge is 2.36. The van der Waals surface area contributed by atoms with Gasteiger partial charge in [0.1, 0.15) is 23.0 Å². The zero-order chi connectivity index (χ0) is 32.3. The predicted molar refractivity (Wildman–Crippen MR) is 187 cm³/mol. The molecule has 0 bridgehead atoms. The molecule has 0 N–H and O–H groups in total. The van der Waals surface area contributed by atoms with Crippen LogP contribution in [-0.4, -0.2) is 37.7 Å². The number of nitro groups is 1. The van der Waals surface area contributed by atoms with Gasteiger partial charge in [-0.05, 0) is 128 Å². The molecule has 2 aliphatic carbocycles. The lowest BCUT2D eigenvalue weighted by molar-refractivity contribution is -0.384. The number of rotatable bonds is 6. The van der Waals surface area contributed by atoms with Crippen LogP contribution in [0.1, 0.15) is 60.3 Å². The lowest BCUT2D eigenvalue weighted by Crippen LogP contribution is -2.29. The minimum Gasteiger partial charge on any atom is -0.361 e. The molecule has 2 fully saturated rings. The minimum atomic E-state index is -0.449. The number of benzene rings is 2. The third kappa shape index (κ3) is 6.00. The van der Waals surface area contributed by atoms with E-state index in [1.165, 1.54) is 38.7 Å². The Bertz CT molecular complexity index is 1950. The highest BCUT2D eigenvalue weighted by Crippen LogP contribution is 2.43. The monoisotopic (exact) mass is 834 g/mol. The third-order valence-corrected chi connectivity index (χ3v) is 10.0. The number of halogens is 2. The van der Waals surface area contributed by atoms with Crippen molar-refractivity contribution in [2.24, 2.45) is 13.0 Å². The number of nitrogens with zero attached hydrogens (tertiary/aromatic N) is 6. The van der Waals surface area contributed by atoms with Gasteiger partial charge in [0.15, 0.2) is 0 Å². The van der Waals surface area contributed by atoms with Crippen molar-refractivity contribution in [1.82, 2.24) is 19.9 Å². The Balaban J connectivity index is 0.000000160. The smallest absolute Gasteiger partial charge is 0.294 e. The van der Waals surface area contributed by atoms with Crippen molar-refractivity contribution in [3.8, 4) is 22.3 Å². The number of hydrogen-bond acceptors (Lipinski definition) is 8. The first kappa shape index (κ1) is 31.6. The second kappa shape index (κ2) is 12.1. The quantitative estimate of drug-likeness (QED) is 0.0951.